The van der Waals surface area contributed by atoms with Gasteiger partial charge in [0.2, 0.25) is 0 Å². The maximum absolute atomic E-state index is 2.26. The number of fused-ring (bicyclic) bond motifs is 1. The van der Waals surface area contributed by atoms with Crippen LogP contribution in [0.5, 0.6) is 0 Å². The van der Waals surface area contributed by atoms with Crippen molar-refractivity contribution in [3.05, 3.63) is 35.4 Å². The van der Waals surface area contributed by atoms with Crippen LogP contribution in [-0.2, 0) is 12.8 Å². The van der Waals surface area contributed by atoms with E-state index in [9.17, 15) is 0 Å². The van der Waals surface area contributed by atoms with E-state index in [-0.39, 0.29) is 0 Å². The van der Waals surface area contributed by atoms with Crippen molar-refractivity contribution in [1.82, 2.24) is 0 Å². The monoisotopic (exact) mass is 192 g/mol. The maximum Gasteiger partial charge on any atom is -0.0276 e. The van der Waals surface area contributed by atoms with E-state index in [1.165, 1.54) is 25.7 Å². The number of benzene rings is 1. The van der Waals surface area contributed by atoms with Gasteiger partial charge in [-0.2, -0.15) is 0 Å². The van der Waals surface area contributed by atoms with Gasteiger partial charge < -0.3 is 0 Å². The fourth-order valence-corrected chi connectivity index (χ4v) is 1.68. The smallest absolute Gasteiger partial charge is 0.0276 e. The van der Waals surface area contributed by atoms with Gasteiger partial charge >= 0.3 is 0 Å². The summed E-state index contributed by atoms with van der Waals surface area (Å²) in [6.45, 7) is 8.00. The topological polar surface area (TPSA) is 0 Å². The fourth-order valence-electron chi connectivity index (χ4n) is 1.68. The second kappa shape index (κ2) is 8.80. The van der Waals surface area contributed by atoms with Gasteiger partial charge in [-0.25, -0.2) is 0 Å². The first-order valence-electron chi connectivity index (χ1n) is 6.03. The van der Waals surface area contributed by atoms with E-state index in [1.54, 1.807) is 11.1 Å². The van der Waals surface area contributed by atoms with Crippen LogP contribution < -0.4 is 0 Å². The molecule has 2 rings (SSSR count). The predicted octanol–water partition coefficient (Wildman–Crippen LogP) is 4.62. The lowest BCUT2D eigenvalue weighted by atomic mass is 9.92. The van der Waals surface area contributed by atoms with Gasteiger partial charge in [-0.15, -0.1) is 0 Å². The predicted molar refractivity (Wildman–Crippen MR) is 65.8 cm³/mol. The highest BCUT2D eigenvalue weighted by Gasteiger charge is 2.05. The fraction of sp³-hybridized carbons (Fsp3) is 0.571. The number of aryl methyl sites for hydroxylation is 2. The van der Waals surface area contributed by atoms with Gasteiger partial charge in [0, 0.05) is 0 Å². The third-order valence-electron chi connectivity index (χ3n) is 2.26. The molecule has 0 heteroatoms. The first-order valence-corrected chi connectivity index (χ1v) is 6.03. The van der Waals surface area contributed by atoms with Crippen LogP contribution in [0.1, 0.15) is 51.7 Å². The second-order valence-electron chi connectivity index (χ2n) is 2.98. The molecule has 0 saturated heterocycles. The molecular weight excluding hydrogens is 168 g/mol. The Labute approximate surface area is 89.4 Å². The van der Waals surface area contributed by atoms with Crippen LogP contribution in [0.3, 0.4) is 0 Å². The molecule has 0 radical (unpaired) electrons. The third kappa shape index (κ3) is 3.95. The summed E-state index contributed by atoms with van der Waals surface area (Å²) < 4.78 is 0. The summed E-state index contributed by atoms with van der Waals surface area (Å²) in [7, 11) is 0. The van der Waals surface area contributed by atoms with Crippen molar-refractivity contribution >= 4 is 0 Å². The Morgan fingerprint density at radius 2 is 1.07 bits per heavy atom. The summed E-state index contributed by atoms with van der Waals surface area (Å²) in [5.74, 6) is 0. The lowest BCUT2D eigenvalue weighted by Gasteiger charge is -2.13. The molecule has 0 heterocycles. The van der Waals surface area contributed by atoms with Crippen molar-refractivity contribution < 1.29 is 0 Å². The molecule has 0 N–H and O–H groups in total. The molecular formula is C14H24. The molecule has 0 spiro atoms. The minimum atomic E-state index is 1.30. The Bertz CT molecular complexity index is 200. The van der Waals surface area contributed by atoms with Crippen LogP contribution in [0.2, 0.25) is 0 Å². The highest BCUT2D eigenvalue weighted by molar-refractivity contribution is 5.28. The highest BCUT2D eigenvalue weighted by Crippen LogP contribution is 2.19. The number of rotatable bonds is 0. The lowest BCUT2D eigenvalue weighted by Crippen LogP contribution is -2.00. The van der Waals surface area contributed by atoms with Crippen molar-refractivity contribution in [2.45, 2.75) is 53.4 Å². The Balaban J connectivity index is 0.000000379. The number of hydrogen-bond acceptors (Lipinski definition) is 0. The molecule has 0 atom stereocenters. The molecule has 1 aromatic carbocycles. The molecule has 0 nitrogen and oxygen atoms in total. The Kier molecular flexibility index (Phi) is 8.31. The van der Waals surface area contributed by atoms with E-state index < -0.39 is 0 Å². The number of hydrogen-bond donors (Lipinski definition) is 0. The lowest BCUT2D eigenvalue weighted by molar-refractivity contribution is 0.685. The van der Waals surface area contributed by atoms with Crippen LogP contribution in [0.25, 0.3) is 0 Å². The highest BCUT2D eigenvalue weighted by atomic mass is 14.1. The van der Waals surface area contributed by atoms with Gasteiger partial charge in [0.05, 0.1) is 0 Å². The standard InChI is InChI=1S/C10H12.2C2H6/c1-2-6-10-8-4-3-7-9(10)5-1;2*1-2/h1-2,5-6H,3-4,7-8H2;2*1-2H3. The molecule has 0 aromatic heterocycles. The first kappa shape index (κ1) is 13.2. The maximum atomic E-state index is 2.26. The van der Waals surface area contributed by atoms with Gasteiger partial charge in [0.1, 0.15) is 0 Å². The molecule has 0 fully saturated rings. The zero-order valence-corrected chi connectivity index (χ0v) is 10.1. The second-order valence-corrected chi connectivity index (χ2v) is 2.98. The van der Waals surface area contributed by atoms with Crippen molar-refractivity contribution in [2.24, 2.45) is 0 Å². The van der Waals surface area contributed by atoms with Crippen LogP contribution >= 0.6 is 0 Å². The van der Waals surface area contributed by atoms with Crippen LogP contribution in [0, 0.1) is 0 Å². The minimum Gasteiger partial charge on any atom is -0.0683 e. The van der Waals surface area contributed by atoms with E-state index in [4.69, 9.17) is 0 Å². The molecule has 1 aromatic rings. The quantitative estimate of drug-likeness (QED) is 0.562. The van der Waals surface area contributed by atoms with Gasteiger partial charge in [0.25, 0.3) is 0 Å². The van der Waals surface area contributed by atoms with E-state index in [2.05, 4.69) is 24.3 Å². The molecule has 0 saturated carbocycles. The van der Waals surface area contributed by atoms with Crippen molar-refractivity contribution in [3.8, 4) is 0 Å². The van der Waals surface area contributed by atoms with Gasteiger partial charge in [-0.3, -0.25) is 0 Å². The first-order chi connectivity index (χ1) is 6.97. The molecule has 80 valence electrons. The Morgan fingerprint density at radius 1 is 0.714 bits per heavy atom. The largest absolute Gasteiger partial charge is 0.0683 e. The molecule has 0 aliphatic heterocycles. The van der Waals surface area contributed by atoms with Crippen molar-refractivity contribution in [1.29, 1.82) is 0 Å². The van der Waals surface area contributed by atoms with Gasteiger partial charge in [0.15, 0.2) is 0 Å². The summed E-state index contributed by atoms with van der Waals surface area (Å²) in [6, 6.07) is 8.80. The Hall–Kier alpha value is -0.780. The van der Waals surface area contributed by atoms with E-state index in [0.717, 1.165) is 0 Å². The molecule has 1 aliphatic carbocycles. The van der Waals surface area contributed by atoms with Gasteiger partial charge in [-0.1, -0.05) is 52.0 Å². The average Bonchev–Trinajstić information content (AvgIpc) is 2.34. The molecule has 14 heavy (non-hydrogen) atoms. The summed E-state index contributed by atoms with van der Waals surface area (Å²) in [5, 5.41) is 0. The zero-order chi connectivity index (χ0) is 10.8. The van der Waals surface area contributed by atoms with Crippen LogP contribution in [-0.4, -0.2) is 0 Å². The third-order valence-corrected chi connectivity index (χ3v) is 2.26. The molecule has 1 aliphatic rings. The summed E-state index contributed by atoms with van der Waals surface area (Å²) in [4.78, 5) is 0. The van der Waals surface area contributed by atoms with E-state index >= 15 is 0 Å². The van der Waals surface area contributed by atoms with Crippen molar-refractivity contribution in [3.63, 3.8) is 0 Å². The summed E-state index contributed by atoms with van der Waals surface area (Å²) >= 11 is 0. The molecule has 0 bridgehead atoms. The van der Waals surface area contributed by atoms with Crippen molar-refractivity contribution in [2.75, 3.05) is 0 Å². The van der Waals surface area contributed by atoms with Crippen LogP contribution in [0.15, 0.2) is 24.3 Å². The van der Waals surface area contributed by atoms with E-state index in [0.29, 0.717) is 0 Å². The molecule has 0 unspecified atom stereocenters. The Morgan fingerprint density at radius 3 is 1.43 bits per heavy atom. The minimum absolute atomic E-state index is 1.30. The van der Waals surface area contributed by atoms with Gasteiger partial charge in [-0.05, 0) is 36.8 Å². The van der Waals surface area contributed by atoms with Crippen LogP contribution in [0.4, 0.5) is 0 Å². The summed E-state index contributed by atoms with van der Waals surface area (Å²) in [6.07, 6.45) is 5.38. The SMILES string of the molecule is CC.CC.c1ccc2c(c1)CCCC2. The zero-order valence-electron chi connectivity index (χ0n) is 10.1. The normalized spacial score (nSPS) is 12.6. The average molecular weight is 192 g/mol. The molecule has 0 amide bonds. The summed E-state index contributed by atoms with van der Waals surface area (Å²) in [5.41, 5.74) is 3.16. The van der Waals surface area contributed by atoms with E-state index in [1.807, 2.05) is 27.7 Å².